The topological polar surface area (TPSA) is 40.5 Å². The second-order valence-electron chi connectivity index (χ2n) is 3.34. The molecule has 0 amide bonds. The van der Waals surface area contributed by atoms with E-state index in [4.69, 9.17) is 10.0 Å². The van der Waals surface area contributed by atoms with Crippen LogP contribution in [0.5, 0.6) is 0 Å². The van der Waals surface area contributed by atoms with Gasteiger partial charge < -0.3 is 10.0 Å². The Labute approximate surface area is 89.7 Å². The van der Waals surface area contributed by atoms with E-state index in [9.17, 15) is 17.6 Å². The molecule has 0 bridgehead atoms. The summed E-state index contributed by atoms with van der Waals surface area (Å²) in [5.41, 5.74) is -0.185. The summed E-state index contributed by atoms with van der Waals surface area (Å²) in [4.78, 5) is 0. The first kappa shape index (κ1) is 13.0. The van der Waals surface area contributed by atoms with Crippen LogP contribution in [0.2, 0.25) is 0 Å². The fourth-order valence-electron chi connectivity index (χ4n) is 1.20. The monoisotopic (exact) mass is 236 g/mol. The molecule has 0 atom stereocenters. The van der Waals surface area contributed by atoms with Crippen LogP contribution in [0.25, 0.3) is 0 Å². The zero-order valence-corrected chi connectivity index (χ0v) is 8.13. The van der Waals surface area contributed by atoms with Gasteiger partial charge >= 0.3 is 13.3 Å². The van der Waals surface area contributed by atoms with Crippen LogP contribution in [0.4, 0.5) is 17.6 Å². The molecule has 1 rings (SSSR count). The van der Waals surface area contributed by atoms with Gasteiger partial charge in [-0.05, 0) is 23.5 Å². The molecule has 1 aromatic rings. The Morgan fingerprint density at radius 1 is 1.19 bits per heavy atom. The van der Waals surface area contributed by atoms with Crippen molar-refractivity contribution >= 4 is 12.6 Å². The number of hydrogen-bond acceptors (Lipinski definition) is 2. The van der Waals surface area contributed by atoms with E-state index < -0.39 is 32.0 Å². The third kappa shape index (κ3) is 3.82. The molecule has 0 radical (unpaired) electrons. The van der Waals surface area contributed by atoms with Gasteiger partial charge in [-0.25, -0.2) is 4.39 Å². The van der Waals surface area contributed by atoms with Crippen molar-refractivity contribution in [1.82, 2.24) is 0 Å². The van der Waals surface area contributed by atoms with Crippen LogP contribution in [0, 0.1) is 5.82 Å². The van der Waals surface area contributed by atoms with E-state index in [2.05, 4.69) is 0 Å². The first-order chi connectivity index (χ1) is 7.29. The maximum Gasteiger partial charge on any atom is 0.488 e. The number of halogens is 4. The zero-order chi connectivity index (χ0) is 12.3. The summed E-state index contributed by atoms with van der Waals surface area (Å²) < 4.78 is 48.8. The van der Waals surface area contributed by atoms with Gasteiger partial charge in [-0.2, -0.15) is 13.2 Å². The van der Waals surface area contributed by atoms with Crippen LogP contribution in [0.1, 0.15) is 12.0 Å². The summed E-state index contributed by atoms with van der Waals surface area (Å²) in [5, 5.41) is 17.4. The Kier molecular flexibility index (Phi) is 3.93. The second kappa shape index (κ2) is 4.84. The third-order valence-corrected chi connectivity index (χ3v) is 2.05. The molecule has 7 heteroatoms. The minimum Gasteiger partial charge on any atom is -0.423 e. The lowest BCUT2D eigenvalue weighted by Gasteiger charge is -2.08. The Balaban J connectivity index is 2.76. The van der Waals surface area contributed by atoms with E-state index in [1.807, 2.05) is 0 Å². The van der Waals surface area contributed by atoms with Gasteiger partial charge in [-0.15, -0.1) is 0 Å². The molecule has 2 N–H and O–H groups in total. The van der Waals surface area contributed by atoms with Crippen molar-refractivity contribution in [2.75, 3.05) is 0 Å². The standard InChI is InChI=1S/C9H9BF4O2/c11-8-5-7(10(15)16)2-1-6(8)3-4-9(12,13)14/h1-2,5,15-16H,3-4H2. The first-order valence-corrected chi connectivity index (χ1v) is 4.51. The van der Waals surface area contributed by atoms with Gasteiger partial charge in [0.05, 0.1) is 0 Å². The first-order valence-electron chi connectivity index (χ1n) is 4.51. The van der Waals surface area contributed by atoms with E-state index in [1.165, 1.54) is 6.07 Å². The van der Waals surface area contributed by atoms with Crippen molar-refractivity contribution in [3.05, 3.63) is 29.6 Å². The molecule has 88 valence electrons. The molecule has 0 saturated carbocycles. The predicted molar refractivity (Wildman–Crippen MR) is 50.6 cm³/mol. The molecular formula is C9H9BF4O2. The molecule has 0 aliphatic rings. The summed E-state index contributed by atoms with van der Waals surface area (Å²) in [6, 6.07) is 3.12. The van der Waals surface area contributed by atoms with Crippen LogP contribution >= 0.6 is 0 Å². The average molecular weight is 236 g/mol. The molecule has 0 unspecified atom stereocenters. The van der Waals surface area contributed by atoms with E-state index in [-0.39, 0.29) is 11.0 Å². The molecule has 0 aliphatic carbocycles. The fraction of sp³-hybridized carbons (Fsp3) is 0.333. The number of hydrogen-bond donors (Lipinski definition) is 2. The SMILES string of the molecule is OB(O)c1ccc(CCC(F)(F)F)c(F)c1. The van der Waals surface area contributed by atoms with E-state index >= 15 is 0 Å². The summed E-state index contributed by atoms with van der Waals surface area (Å²) in [5.74, 6) is -0.866. The molecule has 0 saturated heterocycles. The quantitative estimate of drug-likeness (QED) is 0.607. The lowest BCUT2D eigenvalue weighted by Crippen LogP contribution is -2.30. The maximum atomic E-state index is 13.2. The smallest absolute Gasteiger partial charge is 0.423 e. The number of benzene rings is 1. The van der Waals surface area contributed by atoms with E-state index in [0.717, 1.165) is 12.1 Å². The number of alkyl halides is 3. The highest BCUT2D eigenvalue weighted by molar-refractivity contribution is 6.58. The minimum absolute atomic E-state index is 0.0896. The van der Waals surface area contributed by atoms with E-state index in [1.54, 1.807) is 0 Å². The summed E-state index contributed by atoms with van der Waals surface area (Å²) in [6.07, 6.45) is -5.90. The lowest BCUT2D eigenvalue weighted by atomic mass is 9.80. The highest BCUT2D eigenvalue weighted by Gasteiger charge is 2.27. The van der Waals surface area contributed by atoms with Gasteiger partial charge in [0.15, 0.2) is 0 Å². The molecule has 0 heterocycles. The molecule has 2 nitrogen and oxygen atoms in total. The fourth-order valence-corrected chi connectivity index (χ4v) is 1.20. The van der Waals surface area contributed by atoms with Crippen molar-refractivity contribution in [2.45, 2.75) is 19.0 Å². The Morgan fingerprint density at radius 3 is 2.25 bits per heavy atom. The summed E-state index contributed by atoms with van der Waals surface area (Å²) >= 11 is 0. The Hall–Kier alpha value is -1.08. The molecule has 16 heavy (non-hydrogen) atoms. The highest BCUT2D eigenvalue weighted by atomic mass is 19.4. The normalized spacial score (nSPS) is 11.6. The average Bonchev–Trinajstić information content (AvgIpc) is 2.14. The maximum absolute atomic E-state index is 13.2. The van der Waals surface area contributed by atoms with Gasteiger partial charge in [0, 0.05) is 6.42 Å². The Bertz CT molecular complexity index is 365. The molecule has 0 fully saturated rings. The summed E-state index contributed by atoms with van der Waals surface area (Å²) in [6.45, 7) is 0. The van der Waals surface area contributed by atoms with Crippen LogP contribution in [-0.4, -0.2) is 23.3 Å². The molecule has 0 spiro atoms. The Morgan fingerprint density at radius 2 is 1.81 bits per heavy atom. The van der Waals surface area contributed by atoms with Gasteiger partial charge in [0.25, 0.3) is 0 Å². The summed E-state index contributed by atoms with van der Waals surface area (Å²) in [7, 11) is -1.83. The van der Waals surface area contributed by atoms with Gasteiger partial charge in [-0.3, -0.25) is 0 Å². The predicted octanol–water partition coefficient (Wildman–Crippen LogP) is 1.00. The third-order valence-electron chi connectivity index (χ3n) is 2.05. The van der Waals surface area contributed by atoms with Crippen LogP contribution in [-0.2, 0) is 6.42 Å². The number of aryl methyl sites for hydroxylation is 1. The number of rotatable bonds is 3. The van der Waals surface area contributed by atoms with Gasteiger partial charge in [0.2, 0.25) is 0 Å². The lowest BCUT2D eigenvalue weighted by molar-refractivity contribution is -0.134. The van der Waals surface area contributed by atoms with Gasteiger partial charge in [0.1, 0.15) is 5.82 Å². The van der Waals surface area contributed by atoms with Crippen molar-refractivity contribution in [1.29, 1.82) is 0 Å². The highest BCUT2D eigenvalue weighted by Crippen LogP contribution is 2.22. The van der Waals surface area contributed by atoms with Crippen molar-refractivity contribution in [3.63, 3.8) is 0 Å². The van der Waals surface area contributed by atoms with Crippen LogP contribution in [0.3, 0.4) is 0 Å². The molecular weight excluding hydrogens is 227 g/mol. The molecule has 0 aromatic heterocycles. The van der Waals surface area contributed by atoms with Crippen LogP contribution in [0.15, 0.2) is 18.2 Å². The van der Waals surface area contributed by atoms with Crippen molar-refractivity contribution in [3.8, 4) is 0 Å². The van der Waals surface area contributed by atoms with Gasteiger partial charge in [-0.1, -0.05) is 12.1 Å². The minimum atomic E-state index is -4.33. The largest absolute Gasteiger partial charge is 0.488 e. The molecule has 0 aliphatic heterocycles. The van der Waals surface area contributed by atoms with Crippen molar-refractivity contribution in [2.24, 2.45) is 0 Å². The van der Waals surface area contributed by atoms with E-state index in [0.29, 0.717) is 0 Å². The van der Waals surface area contributed by atoms with Crippen molar-refractivity contribution < 1.29 is 27.6 Å². The molecule has 1 aromatic carbocycles. The van der Waals surface area contributed by atoms with Crippen LogP contribution < -0.4 is 5.46 Å². The second-order valence-corrected chi connectivity index (χ2v) is 3.34. The zero-order valence-electron chi connectivity index (χ0n) is 8.13.